The molecular weight excluding hydrogens is 510 g/mol. The van der Waals surface area contributed by atoms with Gasteiger partial charge in [-0.2, -0.15) is 0 Å². The van der Waals surface area contributed by atoms with Gasteiger partial charge in [0.2, 0.25) is 0 Å². The quantitative estimate of drug-likeness (QED) is 0.219. The zero-order chi connectivity index (χ0) is 27.9. The highest BCUT2D eigenvalue weighted by molar-refractivity contribution is 5.77. The second-order valence-corrected chi connectivity index (χ2v) is 11.3. The fourth-order valence-electron chi connectivity index (χ4n) is 6.55. The Balaban J connectivity index is 1.17. The van der Waals surface area contributed by atoms with Gasteiger partial charge in [0.25, 0.3) is 0 Å². The number of ether oxygens (including phenoxy) is 1. The summed E-state index contributed by atoms with van der Waals surface area (Å²) < 4.78 is 6.22. The monoisotopic (exact) mass is 541 g/mol. The summed E-state index contributed by atoms with van der Waals surface area (Å²) in [5, 5.41) is 0. The molecule has 2 aliphatic carbocycles. The van der Waals surface area contributed by atoms with Crippen molar-refractivity contribution in [2.45, 2.75) is 25.2 Å². The molecule has 1 atom stereocenters. The van der Waals surface area contributed by atoms with Crippen molar-refractivity contribution >= 4 is 17.5 Å². The van der Waals surface area contributed by atoms with Gasteiger partial charge in [0.15, 0.2) is 0 Å². The lowest BCUT2D eigenvalue weighted by atomic mass is 9.89. The molecule has 1 heterocycles. The Bertz CT molecular complexity index is 1880. The molecule has 2 heteroatoms. The van der Waals surface area contributed by atoms with E-state index in [1.807, 2.05) is 0 Å². The van der Waals surface area contributed by atoms with E-state index in [0.717, 1.165) is 30.8 Å². The molecule has 1 unspecified atom stereocenters. The van der Waals surface area contributed by atoms with E-state index in [-0.39, 0.29) is 5.92 Å². The maximum atomic E-state index is 6.22. The molecule has 0 aromatic heterocycles. The third kappa shape index (κ3) is 4.46. The maximum absolute atomic E-state index is 6.22. The summed E-state index contributed by atoms with van der Waals surface area (Å²) in [5.74, 6) is 2.27. The van der Waals surface area contributed by atoms with Crippen molar-refractivity contribution in [1.82, 2.24) is 0 Å². The van der Waals surface area contributed by atoms with Gasteiger partial charge < -0.3 is 9.64 Å². The van der Waals surface area contributed by atoms with Crippen LogP contribution in [0.1, 0.15) is 35.4 Å². The summed E-state index contributed by atoms with van der Waals surface area (Å²) in [4.78, 5) is 2.44. The topological polar surface area (TPSA) is 12.5 Å². The third-order valence-corrected chi connectivity index (χ3v) is 8.70. The third-order valence-electron chi connectivity index (χ3n) is 8.70. The van der Waals surface area contributed by atoms with Gasteiger partial charge in [0.05, 0.1) is 5.92 Å². The highest BCUT2D eigenvalue weighted by atomic mass is 16.5. The van der Waals surface area contributed by atoms with E-state index in [0.29, 0.717) is 0 Å². The molecule has 1 aliphatic heterocycles. The fourth-order valence-corrected chi connectivity index (χ4v) is 6.55. The number of aryl methyl sites for hydroxylation is 1. The Hall–Kier alpha value is -5.08. The smallest absolute Gasteiger partial charge is 0.130 e. The van der Waals surface area contributed by atoms with Gasteiger partial charge in [-0.15, -0.1) is 0 Å². The van der Waals surface area contributed by atoms with Gasteiger partial charge in [-0.3, -0.25) is 0 Å². The van der Waals surface area contributed by atoms with Gasteiger partial charge in [-0.05, 0) is 94.8 Å². The molecule has 0 bridgehead atoms. The molecule has 42 heavy (non-hydrogen) atoms. The molecule has 0 saturated carbocycles. The van der Waals surface area contributed by atoms with Crippen LogP contribution in [0.4, 0.5) is 11.4 Å². The number of hydrogen-bond acceptors (Lipinski definition) is 2. The second-order valence-electron chi connectivity index (χ2n) is 11.3. The first-order chi connectivity index (χ1) is 20.8. The molecule has 5 aromatic rings. The lowest BCUT2D eigenvalue weighted by Gasteiger charge is -2.32. The number of hydrogen-bond donors (Lipinski definition) is 0. The van der Waals surface area contributed by atoms with Crippen LogP contribution in [0.25, 0.3) is 28.3 Å². The molecule has 202 valence electrons. The molecule has 0 radical (unpaired) electrons. The van der Waals surface area contributed by atoms with Crippen molar-refractivity contribution < 1.29 is 4.74 Å². The predicted molar refractivity (Wildman–Crippen MR) is 174 cm³/mol. The Morgan fingerprint density at radius 2 is 1.36 bits per heavy atom. The zero-order valence-electron chi connectivity index (χ0n) is 23.4. The Kier molecular flexibility index (Phi) is 6.11. The summed E-state index contributed by atoms with van der Waals surface area (Å²) >= 11 is 0. The molecule has 0 spiro atoms. The van der Waals surface area contributed by atoms with Crippen molar-refractivity contribution in [3.8, 4) is 28.0 Å². The number of fused-ring (bicyclic) bond motifs is 4. The number of rotatable bonds is 5. The van der Waals surface area contributed by atoms with Crippen LogP contribution in [0, 0.1) is 0 Å². The first-order valence-electron chi connectivity index (χ1n) is 14.8. The number of benzene rings is 5. The predicted octanol–water partition coefficient (Wildman–Crippen LogP) is 10.5. The lowest BCUT2D eigenvalue weighted by Crippen LogP contribution is -2.21. The van der Waals surface area contributed by atoms with Gasteiger partial charge in [-0.1, -0.05) is 97.1 Å². The zero-order valence-corrected chi connectivity index (χ0v) is 23.4. The molecular formula is C40H31NO. The highest BCUT2D eigenvalue weighted by Gasteiger charge is 2.33. The van der Waals surface area contributed by atoms with Crippen molar-refractivity contribution in [2.24, 2.45) is 0 Å². The summed E-state index contributed by atoms with van der Waals surface area (Å²) in [7, 11) is 0. The standard InChI is InChI=1S/C40H31NO/c1-2-9-28(10-3-1)31-13-8-14-32(25-31)30-17-20-34(21-18-30)41(35-22-19-29-11-4-5-12-33(29)26-35)36-23-24-40-38(27-36)37-15-6-7-16-39(37)42-40/h1-4,6-11,13-26,38H,5,12,27H2. The summed E-state index contributed by atoms with van der Waals surface area (Å²) in [6.07, 6.45) is 12.0. The highest BCUT2D eigenvalue weighted by Crippen LogP contribution is 2.48. The largest absolute Gasteiger partial charge is 0.461 e. The van der Waals surface area contributed by atoms with Crippen LogP contribution in [0.2, 0.25) is 0 Å². The van der Waals surface area contributed by atoms with Crippen molar-refractivity contribution in [3.63, 3.8) is 0 Å². The molecule has 0 amide bonds. The van der Waals surface area contributed by atoms with Crippen LogP contribution in [0.3, 0.4) is 0 Å². The van der Waals surface area contributed by atoms with Gasteiger partial charge in [-0.25, -0.2) is 0 Å². The number of para-hydroxylation sites is 1. The minimum absolute atomic E-state index is 0.240. The summed E-state index contributed by atoms with van der Waals surface area (Å²) in [6, 6.07) is 43.8. The van der Waals surface area contributed by atoms with E-state index >= 15 is 0 Å². The average Bonchev–Trinajstić information content (AvgIpc) is 3.44. The van der Waals surface area contributed by atoms with E-state index < -0.39 is 0 Å². The molecule has 0 saturated heterocycles. The fraction of sp³-hybridized carbons (Fsp3) is 0.100. The summed E-state index contributed by atoms with van der Waals surface area (Å²) in [5.41, 5.74) is 12.6. The normalized spacial score (nSPS) is 16.4. The molecule has 5 aromatic carbocycles. The summed E-state index contributed by atoms with van der Waals surface area (Å²) in [6.45, 7) is 0. The number of anilines is 2. The Morgan fingerprint density at radius 3 is 2.21 bits per heavy atom. The van der Waals surface area contributed by atoms with Crippen molar-refractivity contribution in [1.29, 1.82) is 0 Å². The van der Waals surface area contributed by atoms with E-state index in [4.69, 9.17) is 4.74 Å². The molecule has 8 rings (SSSR count). The van der Waals surface area contributed by atoms with E-state index in [1.54, 1.807) is 0 Å². The van der Waals surface area contributed by atoms with Crippen LogP contribution < -0.4 is 9.64 Å². The van der Waals surface area contributed by atoms with Crippen LogP contribution in [-0.2, 0) is 6.42 Å². The SMILES string of the molecule is C1=Cc2ccc(N(C3=CC=C4Oc5ccccc5C4C3)c3ccc(-c4cccc(-c5ccccc5)c4)cc3)cc2CC1. The molecule has 0 fully saturated rings. The average molecular weight is 542 g/mol. The number of nitrogens with zero attached hydrogens (tertiary/aromatic N) is 1. The second kappa shape index (κ2) is 10.4. The van der Waals surface area contributed by atoms with E-state index in [1.165, 1.54) is 56.0 Å². The molecule has 2 nitrogen and oxygen atoms in total. The number of allylic oxidation sites excluding steroid dienone is 5. The first-order valence-corrected chi connectivity index (χ1v) is 14.8. The minimum Gasteiger partial charge on any atom is -0.461 e. The minimum atomic E-state index is 0.240. The Labute approximate surface area is 247 Å². The van der Waals surface area contributed by atoms with Crippen molar-refractivity contribution in [2.75, 3.05) is 4.90 Å². The van der Waals surface area contributed by atoms with E-state index in [9.17, 15) is 0 Å². The molecule has 0 N–H and O–H groups in total. The van der Waals surface area contributed by atoms with Gasteiger partial charge in [0, 0.05) is 29.1 Å². The Morgan fingerprint density at radius 1 is 0.619 bits per heavy atom. The van der Waals surface area contributed by atoms with Crippen LogP contribution in [0.15, 0.2) is 151 Å². The van der Waals surface area contributed by atoms with Crippen LogP contribution in [-0.4, -0.2) is 0 Å². The van der Waals surface area contributed by atoms with Crippen LogP contribution >= 0.6 is 0 Å². The van der Waals surface area contributed by atoms with E-state index in [2.05, 4.69) is 151 Å². The molecule has 3 aliphatic rings. The first kappa shape index (κ1) is 24.7. The van der Waals surface area contributed by atoms with Crippen LogP contribution in [0.5, 0.6) is 5.75 Å². The maximum Gasteiger partial charge on any atom is 0.130 e. The van der Waals surface area contributed by atoms with Gasteiger partial charge in [0.1, 0.15) is 11.5 Å². The van der Waals surface area contributed by atoms with Gasteiger partial charge >= 0.3 is 0 Å². The lowest BCUT2D eigenvalue weighted by molar-refractivity contribution is 0.423. The van der Waals surface area contributed by atoms with Crippen molar-refractivity contribution in [3.05, 3.63) is 168 Å².